The van der Waals surface area contributed by atoms with Crippen molar-refractivity contribution in [2.24, 2.45) is 46.3 Å². The highest BCUT2D eigenvalue weighted by atomic mass is 16.5. The number of nitrogens with zero attached hydrogens (tertiary/aromatic N) is 2. The maximum atomic E-state index is 6.61. The van der Waals surface area contributed by atoms with Crippen LogP contribution in [0.5, 0.6) is 0 Å². The first-order chi connectivity index (χ1) is 29.2. The first kappa shape index (κ1) is 49.3. The Morgan fingerprint density at radius 2 is 1.53 bits per heavy atom. The fourth-order valence-electron chi connectivity index (χ4n) is 12.7. The highest BCUT2D eigenvalue weighted by Gasteiger charge is 2.59. The molecule has 3 fully saturated rings. The van der Waals surface area contributed by atoms with E-state index in [1.165, 1.54) is 128 Å². The molecule has 0 aromatic carbocycles. The molecule has 0 radical (unpaired) electrons. The predicted octanol–water partition coefficient (Wildman–Crippen LogP) is 15.3. The van der Waals surface area contributed by atoms with E-state index >= 15 is 0 Å². The molecule has 5 rings (SSSR count). The van der Waals surface area contributed by atoms with Gasteiger partial charge in [-0.2, -0.15) is 0 Å². The quantitative estimate of drug-likeness (QED) is 0.0552. The molecule has 0 saturated heterocycles. The maximum absolute atomic E-state index is 6.61. The zero-order valence-corrected chi connectivity index (χ0v) is 40.1. The van der Waals surface area contributed by atoms with Gasteiger partial charge in [0, 0.05) is 32.2 Å². The summed E-state index contributed by atoms with van der Waals surface area (Å²) in [6.45, 7) is 18.9. The smallest absolute Gasteiger partial charge is 0.0987 e. The van der Waals surface area contributed by atoms with Gasteiger partial charge in [-0.25, -0.2) is 4.98 Å². The molecular formula is C55H94N2O3. The Hall–Kier alpha value is -1.69. The summed E-state index contributed by atoms with van der Waals surface area (Å²) in [5.74, 6) is 5.39. The van der Waals surface area contributed by atoms with Crippen molar-refractivity contribution in [1.29, 1.82) is 0 Å². The van der Waals surface area contributed by atoms with E-state index in [0.717, 1.165) is 94.0 Å². The molecule has 0 bridgehead atoms. The largest absolute Gasteiger partial charge is 0.379 e. The standard InChI is InChI=1S/C55H94N2O3/c1-7-8-9-10-11-12-13-14-15-16-17-18-19-20-21-22-38-58-43-49(42-57-37-36-56-44-57)60-40-24-23-39-59-48-32-34-54(5)47(41-48)28-29-50-52-31-30-51(46(4)27-25-26-45(2)3)55(52,6)35-33-53(50)54/h11-12,14-15,28,36-37,44-46,48-53H,7-10,13,16-27,29-35,38-43H2,1-6H3/t46?,48-,49?,50?,51?,52?,53?,54-,55+/m0/s1. The number of unbranched alkanes of at least 4 members (excludes halogenated alkanes) is 10. The summed E-state index contributed by atoms with van der Waals surface area (Å²) in [7, 11) is 0. The molecule has 60 heavy (non-hydrogen) atoms. The van der Waals surface area contributed by atoms with Crippen LogP contribution >= 0.6 is 0 Å². The van der Waals surface area contributed by atoms with Crippen molar-refractivity contribution in [1.82, 2.24) is 9.55 Å². The van der Waals surface area contributed by atoms with Crippen molar-refractivity contribution in [2.75, 3.05) is 26.4 Å². The van der Waals surface area contributed by atoms with Gasteiger partial charge < -0.3 is 18.8 Å². The lowest BCUT2D eigenvalue weighted by atomic mass is 9.47. The topological polar surface area (TPSA) is 45.5 Å². The van der Waals surface area contributed by atoms with Gasteiger partial charge in [0.25, 0.3) is 0 Å². The van der Waals surface area contributed by atoms with E-state index < -0.39 is 0 Å². The average molecular weight is 831 g/mol. The van der Waals surface area contributed by atoms with Crippen molar-refractivity contribution < 1.29 is 14.2 Å². The van der Waals surface area contributed by atoms with E-state index in [9.17, 15) is 0 Å². The van der Waals surface area contributed by atoms with E-state index in [1.54, 1.807) is 5.57 Å². The van der Waals surface area contributed by atoms with Crippen LogP contribution in [0.25, 0.3) is 0 Å². The Balaban J connectivity index is 0.921. The first-order valence-electron chi connectivity index (χ1n) is 26.0. The second-order valence-corrected chi connectivity index (χ2v) is 21.1. The molecule has 0 aliphatic heterocycles. The number of fused-ring (bicyclic) bond motifs is 5. The Bertz CT molecular complexity index is 1370. The highest BCUT2D eigenvalue weighted by molar-refractivity contribution is 5.25. The highest BCUT2D eigenvalue weighted by Crippen LogP contribution is 2.67. The third-order valence-electron chi connectivity index (χ3n) is 16.3. The van der Waals surface area contributed by atoms with E-state index in [4.69, 9.17) is 14.2 Å². The van der Waals surface area contributed by atoms with Crippen molar-refractivity contribution in [3.05, 3.63) is 54.7 Å². The molecule has 4 aliphatic carbocycles. The zero-order chi connectivity index (χ0) is 42.5. The van der Waals surface area contributed by atoms with Gasteiger partial charge in [0.15, 0.2) is 0 Å². The minimum atomic E-state index is 0.0497. The number of ether oxygens (including phenoxy) is 3. The van der Waals surface area contributed by atoms with Crippen LogP contribution in [0.2, 0.25) is 0 Å². The van der Waals surface area contributed by atoms with Crippen molar-refractivity contribution in [3.8, 4) is 0 Å². The van der Waals surface area contributed by atoms with Gasteiger partial charge >= 0.3 is 0 Å². The van der Waals surface area contributed by atoms with E-state index in [2.05, 4.69) is 81.5 Å². The molecule has 5 heteroatoms. The van der Waals surface area contributed by atoms with Gasteiger partial charge in [-0.3, -0.25) is 0 Å². The lowest BCUT2D eigenvalue weighted by Gasteiger charge is -2.58. The van der Waals surface area contributed by atoms with Gasteiger partial charge in [-0.05, 0) is 149 Å². The monoisotopic (exact) mass is 831 g/mol. The number of aromatic nitrogens is 2. The van der Waals surface area contributed by atoms with Crippen LogP contribution in [0.15, 0.2) is 54.7 Å². The van der Waals surface area contributed by atoms with Crippen LogP contribution in [0, 0.1) is 46.3 Å². The van der Waals surface area contributed by atoms with Crippen LogP contribution in [-0.4, -0.2) is 48.2 Å². The van der Waals surface area contributed by atoms with Gasteiger partial charge in [0.05, 0.1) is 31.7 Å². The Morgan fingerprint density at radius 1 is 0.783 bits per heavy atom. The Morgan fingerprint density at radius 3 is 2.30 bits per heavy atom. The van der Waals surface area contributed by atoms with Gasteiger partial charge in [-0.1, -0.05) is 135 Å². The lowest BCUT2D eigenvalue weighted by molar-refractivity contribution is -0.0648. The van der Waals surface area contributed by atoms with Crippen LogP contribution in [0.3, 0.4) is 0 Å². The normalized spacial score (nSPS) is 28.9. The first-order valence-corrected chi connectivity index (χ1v) is 26.0. The maximum Gasteiger partial charge on any atom is 0.0987 e. The third kappa shape index (κ3) is 15.2. The van der Waals surface area contributed by atoms with E-state index in [-0.39, 0.29) is 6.10 Å². The second kappa shape index (κ2) is 26.8. The molecule has 1 aromatic heterocycles. The molecule has 3 saturated carbocycles. The molecule has 5 nitrogen and oxygen atoms in total. The van der Waals surface area contributed by atoms with Gasteiger partial charge in [0.1, 0.15) is 0 Å². The minimum Gasteiger partial charge on any atom is -0.379 e. The molecule has 4 aliphatic rings. The molecule has 342 valence electrons. The Labute approximate surface area is 370 Å². The number of hydrogen-bond acceptors (Lipinski definition) is 4. The molecule has 1 heterocycles. The molecule has 0 amide bonds. The molecule has 1 aromatic rings. The van der Waals surface area contributed by atoms with E-state index in [1.807, 2.05) is 18.7 Å². The summed E-state index contributed by atoms with van der Waals surface area (Å²) < 4.78 is 21.3. The molecule has 9 atom stereocenters. The fraction of sp³-hybridized carbons (Fsp3) is 0.836. The SMILES string of the molecule is CCCCCC=CCC=CCCCCCCCCOCC(Cn1ccnc1)OCCCCO[C@H]1CC[C@@]2(C)C(=CCC3C4CCC(C(C)CCCC(C)C)[C@@]4(C)CCC32)C1. The van der Waals surface area contributed by atoms with Crippen LogP contribution < -0.4 is 0 Å². The number of allylic oxidation sites excluding steroid dienone is 5. The molecule has 0 spiro atoms. The predicted molar refractivity (Wildman–Crippen MR) is 254 cm³/mol. The summed E-state index contributed by atoms with van der Waals surface area (Å²) in [5, 5.41) is 0. The van der Waals surface area contributed by atoms with Crippen LogP contribution in [0.1, 0.15) is 202 Å². The third-order valence-corrected chi connectivity index (χ3v) is 16.3. The molecule has 6 unspecified atom stereocenters. The molecular weight excluding hydrogens is 737 g/mol. The van der Waals surface area contributed by atoms with Gasteiger partial charge in [0.2, 0.25) is 0 Å². The van der Waals surface area contributed by atoms with Crippen molar-refractivity contribution >= 4 is 0 Å². The zero-order valence-electron chi connectivity index (χ0n) is 40.1. The Kier molecular flexibility index (Phi) is 22.1. The number of hydrogen-bond donors (Lipinski definition) is 0. The van der Waals surface area contributed by atoms with Crippen molar-refractivity contribution in [3.63, 3.8) is 0 Å². The number of rotatable bonds is 31. The summed E-state index contributed by atoms with van der Waals surface area (Å²) in [4.78, 5) is 4.25. The summed E-state index contributed by atoms with van der Waals surface area (Å²) in [6.07, 6.45) is 50.8. The summed E-state index contributed by atoms with van der Waals surface area (Å²) >= 11 is 0. The average Bonchev–Trinajstić information content (AvgIpc) is 3.88. The summed E-state index contributed by atoms with van der Waals surface area (Å²) in [5.41, 5.74) is 2.72. The molecule has 0 N–H and O–H groups in total. The second-order valence-electron chi connectivity index (χ2n) is 21.1. The van der Waals surface area contributed by atoms with E-state index in [0.29, 0.717) is 23.5 Å². The fourth-order valence-corrected chi connectivity index (χ4v) is 12.7. The van der Waals surface area contributed by atoms with Gasteiger partial charge in [-0.15, -0.1) is 0 Å². The summed E-state index contributed by atoms with van der Waals surface area (Å²) in [6, 6.07) is 0. The van der Waals surface area contributed by atoms with Crippen molar-refractivity contribution in [2.45, 2.75) is 221 Å². The lowest BCUT2D eigenvalue weighted by Crippen LogP contribution is -2.51. The minimum absolute atomic E-state index is 0.0497. The van der Waals surface area contributed by atoms with Crippen LogP contribution in [-0.2, 0) is 20.8 Å². The number of imidazole rings is 1. The van der Waals surface area contributed by atoms with Crippen LogP contribution in [0.4, 0.5) is 0 Å².